The van der Waals surface area contributed by atoms with E-state index in [1.807, 2.05) is 6.07 Å². The van der Waals surface area contributed by atoms with E-state index in [9.17, 15) is 33.9 Å². The molecule has 1 aliphatic carbocycles. The van der Waals surface area contributed by atoms with E-state index in [1.54, 1.807) is 58.9 Å². The van der Waals surface area contributed by atoms with Gasteiger partial charge in [-0.1, -0.05) is 77.6 Å². The summed E-state index contributed by atoms with van der Waals surface area (Å²) in [6, 6.07) is 5.26. The Morgan fingerprint density at radius 2 is 1.66 bits per heavy atom. The number of hydrogen-bond donors (Lipinski definition) is 3. The second kappa shape index (κ2) is 21.0. The molecular formula is C48H69N3O14. The largest absolute Gasteiger partial charge is 0.462 e. The van der Waals surface area contributed by atoms with Gasteiger partial charge in [-0.25, -0.2) is 9.59 Å². The van der Waals surface area contributed by atoms with Crippen molar-refractivity contribution in [1.82, 2.24) is 15.7 Å². The minimum atomic E-state index is -1.51. The standard InChI is InChI=1S/C48H69N3O14/c1-8-10-14-23-47(24-15-11-9-2)63-37-33-26-48(44(58)49-25-22-34(53)50-32(28-52)19-21-36(55)62-45(3,4)5)39(42(56)60-33)51(65-40(48)38(37)64-47)27-31-17-13-12-16-30(31)18-20-35(54)61-41-43(57)59-29-46(41,6)7/h12-13,16-18,20,32-33,37-41,52H,8-11,14-15,19,21-29H2,1-7H3,(H,49,58)(H,50,53)/t32-,33+,37-,38-,39-,40+,41-,48-/m0/s1. The van der Waals surface area contributed by atoms with Crippen LogP contribution >= 0.6 is 0 Å². The van der Waals surface area contributed by atoms with Crippen molar-refractivity contribution in [2.24, 2.45) is 10.8 Å². The summed E-state index contributed by atoms with van der Waals surface area (Å²) >= 11 is 0. The highest BCUT2D eigenvalue weighted by Gasteiger charge is 2.76. The maximum absolute atomic E-state index is 14.9. The number of cyclic esters (lactones) is 1. The number of fused-ring (bicyclic) bond motifs is 4. The van der Waals surface area contributed by atoms with E-state index in [1.165, 1.54) is 11.1 Å². The van der Waals surface area contributed by atoms with Gasteiger partial charge in [-0.15, -0.1) is 0 Å². The van der Waals surface area contributed by atoms with E-state index >= 15 is 0 Å². The number of rotatable bonds is 22. The van der Waals surface area contributed by atoms with Crippen molar-refractivity contribution in [1.29, 1.82) is 0 Å². The number of nitrogens with zero attached hydrogens (tertiary/aromatic N) is 1. The van der Waals surface area contributed by atoms with Crippen molar-refractivity contribution in [2.45, 2.75) is 186 Å². The summed E-state index contributed by atoms with van der Waals surface area (Å²) in [6.07, 6.45) is 5.48. The molecule has 0 aromatic heterocycles. The molecule has 0 unspecified atom stereocenters. The molecule has 8 atom stereocenters. The minimum absolute atomic E-state index is 0.00184. The molecule has 0 spiro atoms. The first kappa shape index (κ1) is 50.0. The van der Waals surface area contributed by atoms with E-state index in [0.29, 0.717) is 24.0 Å². The monoisotopic (exact) mass is 911 g/mol. The van der Waals surface area contributed by atoms with Gasteiger partial charge in [-0.3, -0.25) is 24.0 Å². The molecule has 6 rings (SSSR count). The summed E-state index contributed by atoms with van der Waals surface area (Å²) in [4.78, 5) is 86.7. The number of hydrogen-bond acceptors (Lipinski definition) is 15. The number of unbranched alkanes of at least 4 members (excludes halogenated alkanes) is 4. The lowest BCUT2D eigenvalue weighted by Crippen LogP contribution is -2.69. The number of amides is 2. The Balaban J connectivity index is 1.23. The van der Waals surface area contributed by atoms with Gasteiger partial charge in [-0.2, -0.15) is 5.06 Å². The highest BCUT2D eigenvalue weighted by atomic mass is 16.8. The zero-order chi connectivity index (χ0) is 47.2. The Hall–Kier alpha value is -4.42. The van der Waals surface area contributed by atoms with Crippen LogP contribution in [0.3, 0.4) is 0 Å². The third-order valence-corrected chi connectivity index (χ3v) is 12.9. The molecule has 1 aromatic rings. The van der Waals surface area contributed by atoms with Crippen LogP contribution in [-0.2, 0) is 68.6 Å². The van der Waals surface area contributed by atoms with Gasteiger partial charge >= 0.3 is 23.9 Å². The van der Waals surface area contributed by atoms with Crippen LogP contribution < -0.4 is 10.6 Å². The van der Waals surface area contributed by atoms with Gasteiger partial charge in [0.1, 0.15) is 42.0 Å². The average molecular weight is 912 g/mol. The summed E-state index contributed by atoms with van der Waals surface area (Å²) in [7, 11) is 0. The van der Waals surface area contributed by atoms with Gasteiger partial charge in [0, 0.05) is 50.1 Å². The first-order chi connectivity index (χ1) is 30.8. The molecule has 4 saturated heterocycles. The highest BCUT2D eigenvalue weighted by Crippen LogP contribution is 2.58. The Morgan fingerprint density at radius 3 is 2.31 bits per heavy atom. The van der Waals surface area contributed by atoms with Crippen molar-refractivity contribution < 1.29 is 67.1 Å². The van der Waals surface area contributed by atoms with Crippen LogP contribution in [0.25, 0.3) is 6.08 Å². The van der Waals surface area contributed by atoms with Gasteiger partial charge in [0.05, 0.1) is 19.2 Å². The number of aliphatic hydroxyl groups is 1. The van der Waals surface area contributed by atoms with Crippen LogP contribution in [0.2, 0.25) is 0 Å². The second-order valence-electron chi connectivity index (χ2n) is 19.7. The molecule has 17 nitrogen and oxygen atoms in total. The molecule has 3 N–H and O–H groups in total. The summed E-state index contributed by atoms with van der Waals surface area (Å²) < 4.78 is 36.0. The zero-order valence-corrected chi connectivity index (χ0v) is 39.0. The van der Waals surface area contributed by atoms with Crippen LogP contribution in [0.5, 0.6) is 0 Å². The lowest BCUT2D eigenvalue weighted by molar-refractivity contribution is -0.224. The number of hydroxylamine groups is 2. The molecule has 360 valence electrons. The smallest absolute Gasteiger partial charge is 0.348 e. The third-order valence-electron chi connectivity index (χ3n) is 12.9. The van der Waals surface area contributed by atoms with Crippen molar-refractivity contribution in [3.8, 4) is 0 Å². The molecule has 4 heterocycles. The Kier molecular flexibility index (Phi) is 16.2. The topological polar surface area (TPSA) is 215 Å². The lowest BCUT2D eigenvalue weighted by atomic mass is 9.62. The Labute approximate surface area is 381 Å². The normalized spacial score (nSPS) is 28.0. The van der Waals surface area contributed by atoms with E-state index in [0.717, 1.165) is 38.5 Å². The Bertz CT molecular complexity index is 1920. The number of aliphatic hydroxyl groups excluding tert-OH is 1. The highest BCUT2D eigenvalue weighted by molar-refractivity contribution is 5.94. The van der Waals surface area contributed by atoms with Crippen LogP contribution in [0.1, 0.15) is 137 Å². The minimum Gasteiger partial charge on any atom is -0.462 e. The number of esters is 4. The number of nitrogens with one attached hydrogen (secondary N) is 2. The van der Waals surface area contributed by atoms with Gasteiger partial charge in [0.15, 0.2) is 11.8 Å². The van der Waals surface area contributed by atoms with Crippen molar-refractivity contribution in [2.75, 3.05) is 19.8 Å². The zero-order valence-electron chi connectivity index (χ0n) is 39.0. The fourth-order valence-corrected chi connectivity index (χ4v) is 9.60. The van der Waals surface area contributed by atoms with E-state index in [-0.39, 0.29) is 45.4 Å². The van der Waals surface area contributed by atoms with Crippen LogP contribution in [0.15, 0.2) is 30.3 Å². The van der Waals surface area contributed by atoms with Crippen LogP contribution in [0, 0.1) is 10.8 Å². The van der Waals surface area contributed by atoms with Crippen LogP contribution in [-0.4, -0.2) is 120 Å². The summed E-state index contributed by atoms with van der Waals surface area (Å²) in [5, 5.41) is 17.1. The predicted molar refractivity (Wildman–Crippen MR) is 234 cm³/mol. The maximum Gasteiger partial charge on any atom is 0.348 e. The SMILES string of the molecule is CCCCCC1(CCCCC)O[C@@H]2[C@H](O1)[C@H]1ON(Cc3ccccc3C=CC(=O)O[C@H]3C(=O)OCC3(C)C)[C@H]3C(=O)O[C@@H]2C[C@@]13C(=O)NCCC(=O)N[C@H](CO)CCC(=O)OC(C)(C)C. The summed E-state index contributed by atoms with van der Waals surface area (Å²) in [6.45, 7) is 12.7. The van der Waals surface area contributed by atoms with Gasteiger partial charge in [0.2, 0.25) is 17.9 Å². The first-order valence-corrected chi connectivity index (χ1v) is 23.4. The molecule has 17 heteroatoms. The van der Waals surface area contributed by atoms with Gasteiger partial charge < -0.3 is 44.2 Å². The van der Waals surface area contributed by atoms with Crippen molar-refractivity contribution in [3.05, 3.63) is 41.5 Å². The van der Waals surface area contributed by atoms with E-state index < -0.39 is 107 Å². The molecule has 65 heavy (non-hydrogen) atoms. The average Bonchev–Trinajstić information content (AvgIpc) is 3.88. The molecule has 5 fully saturated rings. The molecule has 0 radical (unpaired) electrons. The fraction of sp³-hybridized carbons (Fsp3) is 0.708. The predicted octanol–water partition coefficient (Wildman–Crippen LogP) is 4.74. The molecule has 5 aliphatic rings. The van der Waals surface area contributed by atoms with E-state index in [4.69, 9.17) is 33.3 Å². The molecule has 4 aliphatic heterocycles. The Morgan fingerprint density at radius 1 is 0.969 bits per heavy atom. The number of carbonyl (C=O) groups excluding carboxylic acids is 6. The number of ether oxygens (including phenoxy) is 6. The third kappa shape index (κ3) is 11.6. The van der Waals surface area contributed by atoms with E-state index in [2.05, 4.69) is 24.5 Å². The molecule has 1 aromatic carbocycles. The molecule has 2 bridgehead atoms. The van der Waals surface area contributed by atoms with Crippen molar-refractivity contribution >= 4 is 41.8 Å². The number of carbonyl (C=O) groups is 6. The first-order valence-electron chi connectivity index (χ1n) is 23.4. The molecular weight excluding hydrogens is 843 g/mol. The summed E-state index contributed by atoms with van der Waals surface area (Å²) in [5.41, 5.74) is -1.62. The maximum atomic E-state index is 14.9. The molecule has 1 saturated carbocycles. The lowest BCUT2D eigenvalue weighted by Gasteiger charge is -2.48. The fourth-order valence-electron chi connectivity index (χ4n) is 9.60. The van der Waals surface area contributed by atoms with Gasteiger partial charge in [-0.05, 0) is 57.2 Å². The van der Waals surface area contributed by atoms with Gasteiger partial charge in [0.25, 0.3) is 0 Å². The number of benzene rings is 1. The summed E-state index contributed by atoms with van der Waals surface area (Å²) in [5.74, 6) is -4.36. The second-order valence-corrected chi connectivity index (χ2v) is 19.7. The quantitative estimate of drug-likeness (QED) is 0.0620. The van der Waals surface area contributed by atoms with Crippen LogP contribution in [0.4, 0.5) is 0 Å². The van der Waals surface area contributed by atoms with Crippen molar-refractivity contribution in [3.63, 3.8) is 0 Å². The molecule has 2 amide bonds.